The molecular formula is C7H21F3ORf. The fourth-order valence-electron chi connectivity index (χ4n) is 0.134. The molecule has 0 radical (unpaired) electrons. The Balaban J connectivity index is -0.0000000116. The van der Waals surface area contributed by atoms with Crippen molar-refractivity contribution in [2.75, 3.05) is 13.9 Å². The third-order valence-electron chi connectivity index (χ3n) is 0.487. The van der Waals surface area contributed by atoms with Crippen molar-refractivity contribution < 1.29 is 18.6 Å². The smallest absolute Gasteiger partial charge is 0.0894 e. The summed E-state index contributed by atoms with van der Waals surface area (Å²) in [5.74, 6) is 0. The second-order valence-corrected chi connectivity index (χ2v) is 1.04. The Hall–Kier alpha value is -1.25. The van der Waals surface area contributed by atoms with Gasteiger partial charge in [-0.05, 0) is 6.42 Å². The van der Waals surface area contributed by atoms with Crippen LogP contribution in [0.4, 0.5) is 13.3 Å². The maximum Gasteiger partial charge on any atom is 0.0894 e. The predicted octanol–water partition coefficient (Wildman–Crippen LogP) is 3.48. The Labute approximate surface area is 68.1 Å². The first-order chi connectivity index (χ1) is 4.41. The van der Waals surface area contributed by atoms with E-state index in [1.54, 1.807) is 0 Å². The molecular weight excluding hydrogens is 424 g/mol. The molecule has 0 fully saturated rings. The SMILES string of the molecule is C.C.CCCCF.CF.OF.[Rf]. The quantitative estimate of drug-likeness (QED) is 0.691. The van der Waals surface area contributed by atoms with Crippen molar-refractivity contribution in [3.8, 4) is 0 Å². The van der Waals surface area contributed by atoms with Gasteiger partial charge in [-0.1, -0.05) is 32.7 Å². The Morgan fingerprint density at radius 1 is 1.08 bits per heavy atom. The van der Waals surface area contributed by atoms with Crippen molar-refractivity contribution in [3.05, 3.63) is 0 Å². The van der Waals surface area contributed by atoms with Gasteiger partial charge in [-0.15, -0.1) is 0 Å². The van der Waals surface area contributed by atoms with E-state index in [1.807, 2.05) is 6.92 Å². The molecule has 1 nitrogen and oxygen atoms in total. The van der Waals surface area contributed by atoms with E-state index in [0.29, 0.717) is 7.18 Å². The minimum absolute atomic E-state index is 0. The third kappa shape index (κ3) is 934. The summed E-state index contributed by atoms with van der Waals surface area (Å²) in [7, 11) is 0.500. The molecule has 0 aliphatic carbocycles. The molecule has 0 heterocycles. The fourth-order valence-corrected chi connectivity index (χ4v) is 0.134. The largest absolute Gasteiger partial charge is 0.255 e. The zero-order valence-electron chi connectivity index (χ0n) is 6.41. The van der Waals surface area contributed by atoms with E-state index in [2.05, 4.69) is 0 Å². The molecule has 0 unspecified atom stereocenters. The summed E-state index contributed by atoms with van der Waals surface area (Å²) < 4.78 is 29.0. The van der Waals surface area contributed by atoms with Gasteiger partial charge < -0.3 is 0 Å². The van der Waals surface area contributed by atoms with Gasteiger partial charge in [-0.3, -0.25) is 8.78 Å². The van der Waals surface area contributed by atoms with E-state index in [1.165, 1.54) is 0 Å². The number of hydrogen-bond donors (Lipinski definition) is 1. The first kappa shape index (κ1) is 45.3. The maximum atomic E-state index is 11.0. The first-order valence-electron chi connectivity index (χ1n) is 2.52. The molecule has 0 spiro atoms. The van der Waals surface area contributed by atoms with E-state index < -0.39 is 0 Å². The topological polar surface area (TPSA) is 20.2 Å². The first-order valence-corrected chi connectivity index (χ1v) is 2.52. The van der Waals surface area contributed by atoms with Crippen LogP contribution in [0.1, 0.15) is 34.6 Å². The number of unbranched alkanes of at least 4 members (excludes halogenated alkanes) is 1. The van der Waals surface area contributed by atoms with E-state index in [0.717, 1.165) is 12.8 Å². The fraction of sp³-hybridized carbons (Fsp3) is 1.00. The van der Waals surface area contributed by atoms with Crippen molar-refractivity contribution >= 4 is 0 Å². The van der Waals surface area contributed by atoms with E-state index in [9.17, 15) is 8.78 Å². The maximum absolute atomic E-state index is 11.0. The van der Waals surface area contributed by atoms with Crippen LogP contribution in [0.5, 0.6) is 0 Å². The molecule has 0 atom stereocenters. The molecule has 0 amide bonds. The molecule has 78 valence electrons. The molecule has 0 aliphatic rings. The van der Waals surface area contributed by atoms with Gasteiger partial charge in [0, 0.05) is 0 Å². The average Bonchev–Trinajstić information content (AvgIpc) is 1.98. The summed E-state index contributed by atoms with van der Waals surface area (Å²) in [6, 6.07) is 0. The van der Waals surface area contributed by atoms with Crippen LogP contribution in [0, 0.1) is 0 Å². The molecule has 0 aromatic carbocycles. The summed E-state index contributed by atoms with van der Waals surface area (Å²) >= 11 is 0. The number of rotatable bonds is 2. The molecule has 5 heteroatoms. The second kappa shape index (κ2) is 244. The van der Waals surface area contributed by atoms with Crippen molar-refractivity contribution in [1.29, 1.82) is 0 Å². The number of hydrogen-bond acceptors (Lipinski definition) is 1. The predicted molar refractivity (Wildman–Crippen MR) is 44.7 cm³/mol. The molecule has 1 N–H and O–H groups in total. The number of halogens is 3. The Morgan fingerprint density at radius 3 is 1.33 bits per heavy atom. The van der Waals surface area contributed by atoms with Crippen LogP contribution < -0.4 is 0 Å². The Morgan fingerprint density at radius 2 is 1.33 bits per heavy atom. The minimum Gasteiger partial charge on any atom is -0.255 e. The molecule has 0 bridgehead atoms. The zero-order chi connectivity index (χ0) is 8.12. The van der Waals surface area contributed by atoms with E-state index in [-0.39, 0.29) is 21.5 Å². The van der Waals surface area contributed by atoms with Crippen molar-refractivity contribution in [2.45, 2.75) is 34.6 Å². The summed E-state index contributed by atoms with van der Waals surface area (Å²) in [5, 5.41) is 5.50. The summed E-state index contributed by atoms with van der Waals surface area (Å²) in [4.78, 5) is 0. The molecule has 0 saturated heterocycles. The Bertz CT molecular complexity index is 26.1. The van der Waals surface area contributed by atoms with Gasteiger partial charge in [-0.2, -0.15) is 0 Å². The Kier molecular flexibility index (Phi) is 920. The van der Waals surface area contributed by atoms with Crippen LogP contribution in [0.15, 0.2) is 0 Å². The monoisotopic (exact) mass is 445 g/mol. The van der Waals surface area contributed by atoms with Gasteiger partial charge in [0.05, 0.1) is 13.9 Å². The zero-order valence-corrected chi connectivity index (χ0v) is 12.8. The van der Waals surface area contributed by atoms with Crippen molar-refractivity contribution in [2.24, 2.45) is 0 Å². The summed E-state index contributed by atoms with van der Waals surface area (Å²) in [5.41, 5.74) is 0. The number of alkyl halides is 2. The van der Waals surface area contributed by atoms with Crippen molar-refractivity contribution in [3.63, 3.8) is 0 Å². The van der Waals surface area contributed by atoms with Crippen LogP contribution in [0.25, 0.3) is 0 Å². The average molecular weight is 445 g/mol. The standard InChI is InChI=1S/C4H9F.CH3F.2CH4.FHO.Rf/c1-2-3-4-5;1-2;;;1-2;/h2-4H2,1H3;1H3;2*1H4;2H;. The normalized spacial score (nSPS) is 4.50. The third-order valence-corrected chi connectivity index (χ3v) is 0.487. The molecule has 0 aliphatic heterocycles. The van der Waals surface area contributed by atoms with Gasteiger partial charge in [0.2, 0.25) is 0 Å². The van der Waals surface area contributed by atoms with Gasteiger partial charge in [0.15, 0.2) is 0 Å². The van der Waals surface area contributed by atoms with E-state index in [4.69, 9.17) is 9.84 Å². The molecule has 0 saturated carbocycles. The van der Waals surface area contributed by atoms with Crippen LogP contribution >= 0.6 is 0 Å². The second-order valence-electron chi connectivity index (χ2n) is 1.04. The van der Waals surface area contributed by atoms with Crippen LogP contribution in [0.2, 0.25) is 0 Å². The van der Waals surface area contributed by atoms with Gasteiger partial charge in [0.1, 0.15) is 0 Å². The minimum atomic E-state index is -0.156. The van der Waals surface area contributed by atoms with Crippen molar-refractivity contribution in [1.82, 2.24) is 0 Å². The van der Waals surface area contributed by atoms with Crippen LogP contribution in [-0.2, 0) is 0 Å². The molecule has 0 aromatic heterocycles. The molecule has 0 aromatic rings. The summed E-state index contributed by atoms with van der Waals surface area (Å²) in [6.45, 7) is 1.82. The van der Waals surface area contributed by atoms with Gasteiger partial charge in [0.25, 0.3) is 0 Å². The molecule has 0 rings (SSSR count). The molecule has 12 heavy (non-hydrogen) atoms. The van der Waals surface area contributed by atoms with E-state index >= 15 is 0 Å². The van der Waals surface area contributed by atoms with Gasteiger partial charge >= 0.3 is 0 Å². The van der Waals surface area contributed by atoms with Crippen LogP contribution in [0.3, 0.4) is 0 Å². The van der Waals surface area contributed by atoms with Gasteiger partial charge in [-0.25, -0.2) is 5.31 Å². The summed E-state index contributed by atoms with van der Waals surface area (Å²) in [6.07, 6.45) is 1.69. The van der Waals surface area contributed by atoms with Crippen LogP contribution in [-0.4, -0.2) is 19.2 Å².